The van der Waals surface area contributed by atoms with E-state index in [1.807, 2.05) is 13.8 Å². The van der Waals surface area contributed by atoms with Gasteiger partial charge in [-0.3, -0.25) is 0 Å². The highest BCUT2D eigenvalue weighted by atomic mass is 16.7. The summed E-state index contributed by atoms with van der Waals surface area (Å²) in [6.45, 7) is 3.94. The second kappa shape index (κ2) is 2.69. The smallest absolute Gasteiger partial charge is 0.163 e. The van der Waals surface area contributed by atoms with Crippen LogP contribution in [0, 0.1) is 0 Å². The summed E-state index contributed by atoms with van der Waals surface area (Å²) in [4.78, 5) is 0. The second-order valence-corrected chi connectivity index (χ2v) is 4.29. The minimum absolute atomic E-state index is 0.240. The molecule has 2 N–H and O–H groups in total. The summed E-state index contributed by atoms with van der Waals surface area (Å²) in [7, 11) is 0. The van der Waals surface area contributed by atoms with Gasteiger partial charge in [-0.1, -0.05) is 0 Å². The molecule has 1 aliphatic carbocycles. The fraction of sp³-hybridized carbons (Fsp3) is 1.00. The van der Waals surface area contributed by atoms with E-state index in [1.165, 1.54) is 0 Å². The molecule has 3 atom stereocenters. The summed E-state index contributed by atoms with van der Waals surface area (Å²) in [6.07, 6.45) is 3.60. The van der Waals surface area contributed by atoms with Crippen molar-refractivity contribution in [2.45, 2.75) is 57.1 Å². The molecular formula is C9H17NO2. The number of fused-ring (bicyclic) bond motifs is 1. The number of rotatable bonds is 0. The molecule has 0 radical (unpaired) electrons. The van der Waals surface area contributed by atoms with E-state index in [0.717, 1.165) is 19.3 Å². The Labute approximate surface area is 73.2 Å². The van der Waals surface area contributed by atoms with Gasteiger partial charge in [-0.2, -0.15) is 0 Å². The standard InChI is InChI=1S/C9H17NO2/c1-9(2)11-7-4-3-6(10)5-8(7)12-9/h6-8H,3-5,10H2,1-2H3/t6-,7?,8?/m0/s1. The predicted molar refractivity (Wildman–Crippen MR) is 45.7 cm³/mol. The highest BCUT2D eigenvalue weighted by Gasteiger charge is 2.43. The highest BCUT2D eigenvalue weighted by molar-refractivity contribution is 4.89. The van der Waals surface area contributed by atoms with Crippen molar-refractivity contribution in [2.75, 3.05) is 0 Å². The molecule has 0 spiro atoms. The lowest BCUT2D eigenvalue weighted by Crippen LogP contribution is -2.37. The Morgan fingerprint density at radius 3 is 2.58 bits per heavy atom. The minimum atomic E-state index is -0.389. The lowest BCUT2D eigenvalue weighted by atomic mass is 9.91. The van der Waals surface area contributed by atoms with Gasteiger partial charge in [0.25, 0.3) is 0 Å². The lowest BCUT2D eigenvalue weighted by molar-refractivity contribution is -0.145. The molecule has 12 heavy (non-hydrogen) atoms. The number of nitrogens with two attached hydrogens (primary N) is 1. The molecule has 1 aliphatic heterocycles. The average Bonchev–Trinajstić information content (AvgIpc) is 2.21. The van der Waals surface area contributed by atoms with Gasteiger partial charge in [0, 0.05) is 6.04 Å². The van der Waals surface area contributed by atoms with Crippen LogP contribution in [0.1, 0.15) is 33.1 Å². The molecule has 0 aromatic carbocycles. The highest BCUT2D eigenvalue weighted by Crippen LogP contribution is 2.35. The van der Waals surface area contributed by atoms with Gasteiger partial charge in [0.1, 0.15) is 0 Å². The van der Waals surface area contributed by atoms with E-state index in [-0.39, 0.29) is 11.9 Å². The van der Waals surface area contributed by atoms with Crippen LogP contribution in [-0.4, -0.2) is 24.0 Å². The normalized spacial score (nSPS) is 45.8. The van der Waals surface area contributed by atoms with Gasteiger partial charge < -0.3 is 15.2 Å². The summed E-state index contributed by atoms with van der Waals surface area (Å²) >= 11 is 0. The van der Waals surface area contributed by atoms with Crippen molar-refractivity contribution in [3.05, 3.63) is 0 Å². The van der Waals surface area contributed by atoms with Crippen molar-refractivity contribution < 1.29 is 9.47 Å². The van der Waals surface area contributed by atoms with Gasteiger partial charge in [0.15, 0.2) is 5.79 Å². The van der Waals surface area contributed by atoms with Crippen LogP contribution in [0.25, 0.3) is 0 Å². The van der Waals surface area contributed by atoms with Gasteiger partial charge in [0.2, 0.25) is 0 Å². The van der Waals surface area contributed by atoms with Crippen molar-refractivity contribution >= 4 is 0 Å². The first-order chi connectivity index (χ1) is 5.57. The Morgan fingerprint density at radius 1 is 1.17 bits per heavy atom. The topological polar surface area (TPSA) is 44.5 Å². The minimum Gasteiger partial charge on any atom is -0.345 e. The van der Waals surface area contributed by atoms with Crippen molar-refractivity contribution in [3.63, 3.8) is 0 Å². The van der Waals surface area contributed by atoms with Crippen LogP contribution in [0.2, 0.25) is 0 Å². The summed E-state index contributed by atoms with van der Waals surface area (Å²) < 4.78 is 11.4. The molecule has 2 unspecified atom stereocenters. The van der Waals surface area contributed by atoms with Gasteiger partial charge in [-0.05, 0) is 33.1 Å². The number of hydrogen-bond acceptors (Lipinski definition) is 3. The summed E-state index contributed by atoms with van der Waals surface area (Å²) in [5.74, 6) is -0.389. The predicted octanol–water partition coefficient (Wildman–Crippen LogP) is 1.02. The molecule has 2 fully saturated rings. The van der Waals surface area contributed by atoms with Crippen LogP contribution in [0.3, 0.4) is 0 Å². The third kappa shape index (κ3) is 1.49. The summed E-state index contributed by atoms with van der Waals surface area (Å²) in [6, 6.07) is 0.309. The second-order valence-electron chi connectivity index (χ2n) is 4.29. The fourth-order valence-electron chi connectivity index (χ4n) is 2.15. The first kappa shape index (κ1) is 8.48. The monoisotopic (exact) mass is 171 g/mol. The Kier molecular flexibility index (Phi) is 1.90. The summed E-state index contributed by atoms with van der Waals surface area (Å²) in [5, 5.41) is 0. The van der Waals surface area contributed by atoms with Crippen molar-refractivity contribution in [3.8, 4) is 0 Å². The molecule has 2 aliphatic rings. The fourth-order valence-corrected chi connectivity index (χ4v) is 2.15. The quantitative estimate of drug-likeness (QED) is 0.591. The van der Waals surface area contributed by atoms with Crippen LogP contribution >= 0.6 is 0 Å². The maximum Gasteiger partial charge on any atom is 0.163 e. The van der Waals surface area contributed by atoms with Gasteiger partial charge in [-0.15, -0.1) is 0 Å². The van der Waals surface area contributed by atoms with E-state index in [4.69, 9.17) is 15.2 Å². The molecule has 2 rings (SSSR count). The first-order valence-electron chi connectivity index (χ1n) is 4.68. The van der Waals surface area contributed by atoms with Gasteiger partial charge in [-0.25, -0.2) is 0 Å². The molecule has 0 amide bonds. The van der Waals surface area contributed by atoms with Crippen molar-refractivity contribution in [1.29, 1.82) is 0 Å². The van der Waals surface area contributed by atoms with E-state index >= 15 is 0 Å². The molecule has 70 valence electrons. The average molecular weight is 171 g/mol. The molecule has 3 heteroatoms. The van der Waals surface area contributed by atoms with Crippen LogP contribution < -0.4 is 5.73 Å². The zero-order chi connectivity index (χ0) is 8.77. The molecule has 0 bridgehead atoms. The van der Waals surface area contributed by atoms with E-state index < -0.39 is 0 Å². The Bertz CT molecular complexity index is 181. The molecule has 1 heterocycles. The van der Waals surface area contributed by atoms with E-state index in [1.54, 1.807) is 0 Å². The SMILES string of the molecule is CC1(C)OC2CC[C@H](N)CC2O1. The van der Waals surface area contributed by atoms with E-state index in [9.17, 15) is 0 Å². The van der Waals surface area contributed by atoms with E-state index in [0.29, 0.717) is 12.1 Å². The van der Waals surface area contributed by atoms with Crippen molar-refractivity contribution in [2.24, 2.45) is 5.73 Å². The molecule has 1 saturated heterocycles. The Morgan fingerprint density at radius 2 is 1.83 bits per heavy atom. The molecule has 0 aromatic rings. The maximum atomic E-state index is 5.84. The van der Waals surface area contributed by atoms with Gasteiger partial charge >= 0.3 is 0 Å². The number of ether oxygens (including phenoxy) is 2. The van der Waals surface area contributed by atoms with Gasteiger partial charge in [0.05, 0.1) is 12.2 Å². The summed E-state index contributed by atoms with van der Waals surface area (Å²) in [5.41, 5.74) is 5.84. The first-order valence-corrected chi connectivity index (χ1v) is 4.68. The van der Waals surface area contributed by atoms with Crippen LogP contribution in [0.15, 0.2) is 0 Å². The molecule has 0 aromatic heterocycles. The van der Waals surface area contributed by atoms with Crippen LogP contribution in [0.4, 0.5) is 0 Å². The third-order valence-corrected chi connectivity index (χ3v) is 2.64. The van der Waals surface area contributed by atoms with Crippen molar-refractivity contribution in [1.82, 2.24) is 0 Å². The number of hydrogen-bond donors (Lipinski definition) is 1. The lowest BCUT2D eigenvalue weighted by Gasteiger charge is -2.26. The zero-order valence-electron chi connectivity index (χ0n) is 7.75. The van der Waals surface area contributed by atoms with E-state index in [2.05, 4.69) is 0 Å². The largest absolute Gasteiger partial charge is 0.345 e. The Balaban J connectivity index is 2.02. The molecule has 3 nitrogen and oxygen atoms in total. The zero-order valence-corrected chi connectivity index (χ0v) is 7.75. The molecular weight excluding hydrogens is 154 g/mol. The van der Waals surface area contributed by atoms with Crippen LogP contribution in [-0.2, 0) is 9.47 Å². The Hall–Kier alpha value is -0.120. The maximum absolute atomic E-state index is 5.84. The molecule has 1 saturated carbocycles. The third-order valence-electron chi connectivity index (χ3n) is 2.64. The van der Waals surface area contributed by atoms with Crippen LogP contribution in [0.5, 0.6) is 0 Å².